The van der Waals surface area contributed by atoms with Gasteiger partial charge in [-0.1, -0.05) is 39.0 Å². The third-order valence-electron chi connectivity index (χ3n) is 3.45. The number of hydrogen-bond acceptors (Lipinski definition) is 2. The number of rotatable bonds is 3. The molecule has 0 aliphatic carbocycles. The smallest absolute Gasteiger partial charge is 0.0971 e. The van der Waals surface area contributed by atoms with Crippen LogP contribution in [0, 0.1) is 6.92 Å². The zero-order valence-electron chi connectivity index (χ0n) is 12.1. The minimum absolute atomic E-state index is 0.0944. The Bertz CT molecular complexity index is 538. The quantitative estimate of drug-likeness (QED) is 0.918. The summed E-state index contributed by atoms with van der Waals surface area (Å²) in [5, 5.41) is 10.4. The van der Waals surface area contributed by atoms with E-state index >= 15 is 0 Å². The molecule has 0 aliphatic heterocycles. The van der Waals surface area contributed by atoms with Crippen LogP contribution in [-0.2, 0) is 12.0 Å². The van der Waals surface area contributed by atoms with Gasteiger partial charge in [0.2, 0.25) is 0 Å². The lowest BCUT2D eigenvalue weighted by Crippen LogP contribution is -2.14. The maximum atomic E-state index is 10.4. The lowest BCUT2D eigenvalue weighted by Gasteiger charge is -2.22. The van der Waals surface area contributed by atoms with Crippen molar-refractivity contribution in [2.45, 2.75) is 45.8 Å². The van der Waals surface area contributed by atoms with E-state index in [0.29, 0.717) is 6.54 Å². The van der Waals surface area contributed by atoms with Gasteiger partial charge in [-0.25, -0.2) is 4.98 Å². The molecule has 19 heavy (non-hydrogen) atoms. The molecule has 3 nitrogen and oxygen atoms in total. The first kappa shape index (κ1) is 13.8. The van der Waals surface area contributed by atoms with Crippen molar-refractivity contribution >= 4 is 0 Å². The second-order valence-electron chi connectivity index (χ2n) is 6.10. The van der Waals surface area contributed by atoms with E-state index < -0.39 is 6.10 Å². The number of imidazole rings is 1. The molecule has 0 saturated carbocycles. The lowest BCUT2D eigenvalue weighted by molar-refractivity contribution is 0.155. The van der Waals surface area contributed by atoms with Crippen molar-refractivity contribution < 1.29 is 5.11 Å². The van der Waals surface area contributed by atoms with E-state index in [4.69, 9.17) is 0 Å². The van der Waals surface area contributed by atoms with E-state index in [1.165, 1.54) is 5.56 Å². The maximum absolute atomic E-state index is 10.4. The third-order valence-corrected chi connectivity index (χ3v) is 3.45. The van der Waals surface area contributed by atoms with Gasteiger partial charge in [-0.3, -0.25) is 0 Å². The van der Waals surface area contributed by atoms with Crippen molar-refractivity contribution in [1.29, 1.82) is 0 Å². The summed E-state index contributed by atoms with van der Waals surface area (Å²) in [6.07, 6.45) is 4.82. The van der Waals surface area contributed by atoms with Crippen molar-refractivity contribution in [1.82, 2.24) is 9.55 Å². The molecule has 1 aromatic heterocycles. The van der Waals surface area contributed by atoms with Gasteiger partial charge in [-0.2, -0.15) is 0 Å². The largest absolute Gasteiger partial charge is 0.387 e. The first-order chi connectivity index (χ1) is 8.88. The Hall–Kier alpha value is -1.61. The molecule has 3 heteroatoms. The summed E-state index contributed by atoms with van der Waals surface area (Å²) < 4.78 is 1.90. The average molecular weight is 258 g/mol. The van der Waals surface area contributed by atoms with Gasteiger partial charge in [-0.05, 0) is 29.0 Å². The van der Waals surface area contributed by atoms with Gasteiger partial charge in [0, 0.05) is 12.4 Å². The summed E-state index contributed by atoms with van der Waals surface area (Å²) in [7, 11) is 0. The molecule has 0 bridgehead atoms. The van der Waals surface area contributed by atoms with Crippen LogP contribution in [0.4, 0.5) is 0 Å². The van der Waals surface area contributed by atoms with Crippen molar-refractivity contribution in [3.8, 4) is 0 Å². The van der Waals surface area contributed by atoms with Gasteiger partial charge in [0.1, 0.15) is 0 Å². The highest BCUT2D eigenvalue weighted by Gasteiger charge is 2.17. The molecule has 1 unspecified atom stereocenters. The number of aliphatic hydroxyl groups is 1. The Morgan fingerprint density at radius 1 is 1.32 bits per heavy atom. The Kier molecular flexibility index (Phi) is 3.76. The topological polar surface area (TPSA) is 38.0 Å². The zero-order chi connectivity index (χ0) is 14.0. The van der Waals surface area contributed by atoms with Crippen LogP contribution >= 0.6 is 0 Å². The molecule has 1 heterocycles. The number of aromatic nitrogens is 2. The number of hydrogen-bond donors (Lipinski definition) is 1. The van der Waals surface area contributed by atoms with E-state index in [1.54, 1.807) is 12.5 Å². The summed E-state index contributed by atoms with van der Waals surface area (Å²) in [5.41, 5.74) is 3.47. The second kappa shape index (κ2) is 5.17. The normalized spacial score (nSPS) is 13.5. The Morgan fingerprint density at radius 3 is 2.63 bits per heavy atom. The number of benzene rings is 1. The van der Waals surface area contributed by atoms with E-state index in [9.17, 15) is 5.11 Å². The van der Waals surface area contributed by atoms with Gasteiger partial charge < -0.3 is 9.67 Å². The van der Waals surface area contributed by atoms with Gasteiger partial charge in [0.25, 0.3) is 0 Å². The fourth-order valence-electron chi connectivity index (χ4n) is 2.16. The molecule has 1 atom stereocenters. The molecule has 0 amide bonds. The van der Waals surface area contributed by atoms with Crippen LogP contribution in [0.3, 0.4) is 0 Å². The highest BCUT2D eigenvalue weighted by Crippen LogP contribution is 2.27. The molecule has 1 N–H and O–H groups in total. The van der Waals surface area contributed by atoms with Crippen molar-refractivity contribution in [3.63, 3.8) is 0 Å². The van der Waals surface area contributed by atoms with Gasteiger partial charge in [0.05, 0.1) is 19.0 Å². The molecule has 0 fully saturated rings. The highest BCUT2D eigenvalue weighted by molar-refractivity contribution is 5.35. The molecular weight excluding hydrogens is 236 g/mol. The van der Waals surface area contributed by atoms with Crippen molar-refractivity contribution in [2.75, 3.05) is 0 Å². The number of nitrogens with zero attached hydrogens (tertiary/aromatic N) is 2. The number of aryl methyl sites for hydroxylation is 1. The minimum Gasteiger partial charge on any atom is -0.387 e. The molecule has 2 rings (SSSR count). The zero-order valence-corrected chi connectivity index (χ0v) is 12.1. The summed E-state index contributed by atoms with van der Waals surface area (Å²) in [4.78, 5) is 4.00. The molecule has 102 valence electrons. The van der Waals surface area contributed by atoms with Gasteiger partial charge in [0.15, 0.2) is 0 Å². The summed E-state index contributed by atoms with van der Waals surface area (Å²) in [5.74, 6) is 0. The van der Waals surface area contributed by atoms with Crippen LogP contribution in [-0.4, -0.2) is 14.7 Å². The van der Waals surface area contributed by atoms with Crippen molar-refractivity contribution in [3.05, 3.63) is 53.6 Å². The van der Waals surface area contributed by atoms with E-state index in [0.717, 1.165) is 11.1 Å². The standard InChI is InChI=1S/C16H22N2O/c1-12-5-6-13(16(2,3)4)9-14(12)15(19)10-18-8-7-17-11-18/h5-9,11,15,19H,10H2,1-4H3. The Labute approximate surface area is 114 Å². The average Bonchev–Trinajstić information content (AvgIpc) is 2.80. The van der Waals surface area contributed by atoms with E-state index in [1.807, 2.05) is 17.7 Å². The molecule has 0 saturated heterocycles. The molecule has 2 aromatic rings. The maximum Gasteiger partial charge on any atom is 0.0971 e. The molecule has 0 aliphatic rings. The summed E-state index contributed by atoms with van der Waals surface area (Å²) in [6, 6.07) is 6.35. The van der Waals surface area contributed by atoms with Crippen LogP contribution in [0.15, 0.2) is 36.9 Å². The summed E-state index contributed by atoms with van der Waals surface area (Å²) in [6.45, 7) is 9.13. The predicted octanol–water partition coefficient (Wildman–Crippen LogP) is 3.22. The van der Waals surface area contributed by atoms with Gasteiger partial charge >= 0.3 is 0 Å². The molecular formula is C16H22N2O. The fourth-order valence-corrected chi connectivity index (χ4v) is 2.16. The molecule has 0 radical (unpaired) electrons. The number of aliphatic hydroxyl groups excluding tert-OH is 1. The second-order valence-corrected chi connectivity index (χ2v) is 6.10. The van der Waals surface area contributed by atoms with Gasteiger partial charge in [-0.15, -0.1) is 0 Å². The van der Waals surface area contributed by atoms with E-state index in [2.05, 4.69) is 44.0 Å². The Morgan fingerprint density at radius 2 is 2.05 bits per heavy atom. The third kappa shape index (κ3) is 3.24. The van der Waals surface area contributed by atoms with E-state index in [-0.39, 0.29) is 5.41 Å². The first-order valence-corrected chi connectivity index (χ1v) is 6.63. The van der Waals surface area contributed by atoms with Crippen LogP contribution in [0.5, 0.6) is 0 Å². The first-order valence-electron chi connectivity index (χ1n) is 6.63. The Balaban J connectivity index is 2.28. The highest BCUT2D eigenvalue weighted by atomic mass is 16.3. The van der Waals surface area contributed by atoms with Crippen LogP contribution in [0.2, 0.25) is 0 Å². The van der Waals surface area contributed by atoms with Crippen LogP contribution in [0.1, 0.15) is 43.6 Å². The fraction of sp³-hybridized carbons (Fsp3) is 0.438. The summed E-state index contributed by atoms with van der Waals surface area (Å²) >= 11 is 0. The van der Waals surface area contributed by atoms with Crippen LogP contribution in [0.25, 0.3) is 0 Å². The SMILES string of the molecule is Cc1ccc(C(C)(C)C)cc1C(O)Cn1ccnc1. The van der Waals surface area contributed by atoms with Crippen molar-refractivity contribution in [2.24, 2.45) is 0 Å². The predicted molar refractivity (Wildman–Crippen MR) is 77.1 cm³/mol. The monoisotopic (exact) mass is 258 g/mol. The lowest BCUT2D eigenvalue weighted by atomic mass is 9.84. The minimum atomic E-state index is -0.503. The van der Waals surface area contributed by atoms with Crippen LogP contribution < -0.4 is 0 Å². The molecule has 0 spiro atoms. The molecule has 1 aromatic carbocycles.